The Hall–Kier alpha value is -3.99. The normalized spacial score (nSPS) is 10.4. The lowest BCUT2D eigenvalue weighted by Crippen LogP contribution is -2.05. The van der Waals surface area contributed by atoms with E-state index >= 15 is 0 Å². The number of carbonyl (C=O) groups is 1. The summed E-state index contributed by atoms with van der Waals surface area (Å²) in [5.74, 6) is 2.02. The molecule has 5 nitrogen and oxygen atoms in total. The van der Waals surface area contributed by atoms with Crippen LogP contribution in [0.4, 0.5) is 17.3 Å². The van der Waals surface area contributed by atoms with Crippen molar-refractivity contribution in [3.8, 4) is 11.4 Å². The van der Waals surface area contributed by atoms with Gasteiger partial charge in [0.05, 0.1) is 0 Å². The molecule has 1 heterocycles. The summed E-state index contributed by atoms with van der Waals surface area (Å²) in [7, 11) is 0. The number of nitrogens with one attached hydrogen (secondary N) is 2. The van der Waals surface area contributed by atoms with Crippen LogP contribution in [0.3, 0.4) is 0 Å². The molecule has 0 aliphatic heterocycles. The molecule has 0 saturated carbocycles. The highest BCUT2D eigenvalue weighted by Gasteiger charge is 2.08. The molecule has 4 rings (SSSR count). The summed E-state index contributed by atoms with van der Waals surface area (Å²) in [4.78, 5) is 21.1. The number of aromatic nitrogens is 2. The summed E-state index contributed by atoms with van der Waals surface area (Å²) < 4.78 is 0. The Bertz CT molecular complexity index is 1140. The number of hydrogen-bond acceptors (Lipinski definition) is 5. The molecule has 3 aromatic carbocycles. The van der Waals surface area contributed by atoms with Gasteiger partial charge in [-0.05, 0) is 24.6 Å². The van der Waals surface area contributed by atoms with Gasteiger partial charge >= 0.3 is 0 Å². The molecule has 0 fully saturated rings. The van der Waals surface area contributed by atoms with Crippen LogP contribution in [0.5, 0.6) is 0 Å². The zero-order valence-corrected chi connectivity index (χ0v) is 16.7. The van der Waals surface area contributed by atoms with E-state index in [1.165, 1.54) is 5.56 Å². The lowest BCUT2D eigenvalue weighted by atomic mass is 10.1. The molecule has 0 bridgehead atoms. The maximum Gasteiger partial charge on any atom is 0.163 e. The van der Waals surface area contributed by atoms with Crippen LogP contribution in [-0.2, 0) is 6.54 Å². The van der Waals surface area contributed by atoms with Crippen molar-refractivity contribution in [1.82, 2.24) is 9.97 Å². The van der Waals surface area contributed by atoms with Gasteiger partial charge in [0.25, 0.3) is 0 Å². The number of benzene rings is 3. The second-order valence-corrected chi connectivity index (χ2v) is 6.93. The van der Waals surface area contributed by atoms with E-state index in [-0.39, 0.29) is 5.78 Å². The second kappa shape index (κ2) is 9.01. The van der Waals surface area contributed by atoms with Crippen molar-refractivity contribution in [3.05, 3.63) is 102 Å². The molecule has 0 aliphatic carbocycles. The maximum absolute atomic E-state index is 11.7. The highest BCUT2D eigenvalue weighted by atomic mass is 16.1. The zero-order chi connectivity index (χ0) is 20.8. The van der Waals surface area contributed by atoms with Crippen molar-refractivity contribution < 1.29 is 4.79 Å². The van der Waals surface area contributed by atoms with Gasteiger partial charge in [-0.3, -0.25) is 4.79 Å². The first-order valence-electron chi connectivity index (χ1n) is 9.78. The summed E-state index contributed by atoms with van der Waals surface area (Å²) >= 11 is 0. The Balaban J connectivity index is 1.65. The lowest BCUT2D eigenvalue weighted by molar-refractivity contribution is 0.101. The minimum Gasteiger partial charge on any atom is -0.366 e. The van der Waals surface area contributed by atoms with E-state index in [4.69, 9.17) is 0 Å². The molecule has 0 amide bonds. The van der Waals surface area contributed by atoms with Crippen LogP contribution in [0.1, 0.15) is 22.8 Å². The van der Waals surface area contributed by atoms with Crippen LogP contribution < -0.4 is 10.6 Å². The third-order valence-electron chi connectivity index (χ3n) is 4.62. The molecular weight excluding hydrogens is 372 g/mol. The van der Waals surface area contributed by atoms with Crippen molar-refractivity contribution in [2.75, 3.05) is 10.6 Å². The third kappa shape index (κ3) is 4.89. The van der Waals surface area contributed by atoms with Gasteiger partial charge in [0, 0.05) is 29.4 Å². The van der Waals surface area contributed by atoms with E-state index < -0.39 is 0 Å². The predicted molar refractivity (Wildman–Crippen MR) is 121 cm³/mol. The van der Waals surface area contributed by atoms with Gasteiger partial charge < -0.3 is 10.6 Å². The molecule has 1 aromatic heterocycles. The monoisotopic (exact) mass is 394 g/mol. The first kappa shape index (κ1) is 19.3. The average molecular weight is 394 g/mol. The Morgan fingerprint density at radius 3 is 2.23 bits per heavy atom. The van der Waals surface area contributed by atoms with Crippen LogP contribution in [0.2, 0.25) is 0 Å². The Morgan fingerprint density at radius 2 is 1.50 bits per heavy atom. The topological polar surface area (TPSA) is 66.9 Å². The Morgan fingerprint density at radius 1 is 0.800 bits per heavy atom. The lowest BCUT2D eigenvalue weighted by Gasteiger charge is -2.12. The molecule has 0 unspecified atom stereocenters. The quantitative estimate of drug-likeness (QED) is 0.394. The van der Waals surface area contributed by atoms with Crippen LogP contribution in [0.25, 0.3) is 11.4 Å². The van der Waals surface area contributed by atoms with Gasteiger partial charge in [-0.15, -0.1) is 0 Å². The van der Waals surface area contributed by atoms with E-state index in [2.05, 4.69) is 32.7 Å². The number of nitrogens with zero attached hydrogens (tertiary/aromatic N) is 2. The Labute approximate surface area is 175 Å². The number of ketones is 1. The molecule has 0 aliphatic rings. The molecule has 0 atom stereocenters. The van der Waals surface area contributed by atoms with Crippen LogP contribution >= 0.6 is 0 Å². The highest BCUT2D eigenvalue weighted by molar-refractivity contribution is 5.95. The van der Waals surface area contributed by atoms with E-state index in [1.54, 1.807) is 13.0 Å². The van der Waals surface area contributed by atoms with Crippen LogP contribution in [0, 0.1) is 0 Å². The molecule has 148 valence electrons. The standard InChI is InChI=1S/C25H22N4O/c1-18(30)21-13-8-14-22(15-21)27-24-16-23(26-17-19-9-4-2-5-10-19)28-25(29-24)20-11-6-3-7-12-20/h2-16H,17H2,1H3,(H2,26,27,28,29). The number of rotatable bonds is 7. The molecule has 30 heavy (non-hydrogen) atoms. The maximum atomic E-state index is 11.7. The fraction of sp³-hybridized carbons (Fsp3) is 0.0800. The van der Waals surface area contributed by atoms with Crippen LogP contribution in [-0.4, -0.2) is 15.8 Å². The summed E-state index contributed by atoms with van der Waals surface area (Å²) in [6.45, 7) is 2.22. The minimum atomic E-state index is 0.0246. The van der Waals surface area contributed by atoms with E-state index in [0.717, 1.165) is 17.1 Å². The number of Topliss-reactive ketones (excluding diaryl/α,β-unsaturated/α-hetero) is 1. The molecule has 2 N–H and O–H groups in total. The van der Waals surface area contributed by atoms with Crippen molar-refractivity contribution >= 4 is 23.1 Å². The van der Waals surface area contributed by atoms with Crippen LogP contribution in [0.15, 0.2) is 91.0 Å². The van der Waals surface area contributed by atoms with E-state index in [0.29, 0.717) is 23.8 Å². The minimum absolute atomic E-state index is 0.0246. The highest BCUT2D eigenvalue weighted by Crippen LogP contribution is 2.23. The molecule has 0 spiro atoms. The number of hydrogen-bond donors (Lipinski definition) is 2. The summed E-state index contributed by atoms with van der Waals surface area (Å²) in [6, 6.07) is 29.3. The number of carbonyl (C=O) groups excluding carboxylic acids is 1. The van der Waals surface area contributed by atoms with Crippen molar-refractivity contribution in [1.29, 1.82) is 0 Å². The SMILES string of the molecule is CC(=O)c1cccc(Nc2cc(NCc3ccccc3)nc(-c3ccccc3)n2)c1. The van der Waals surface area contributed by atoms with Gasteiger partial charge in [-0.1, -0.05) is 72.8 Å². The van der Waals surface area contributed by atoms with E-state index in [9.17, 15) is 4.79 Å². The Kier molecular flexibility index (Phi) is 5.80. The molecule has 0 saturated heterocycles. The van der Waals surface area contributed by atoms with Crippen molar-refractivity contribution in [3.63, 3.8) is 0 Å². The summed E-state index contributed by atoms with van der Waals surface area (Å²) in [6.07, 6.45) is 0. The summed E-state index contributed by atoms with van der Waals surface area (Å²) in [5, 5.41) is 6.69. The molecule has 0 radical (unpaired) electrons. The van der Waals surface area contributed by atoms with Gasteiger partial charge in [0.1, 0.15) is 11.6 Å². The first-order valence-corrected chi connectivity index (χ1v) is 9.78. The van der Waals surface area contributed by atoms with Gasteiger partial charge in [0.15, 0.2) is 11.6 Å². The molecular formula is C25H22N4O. The van der Waals surface area contributed by atoms with Crippen molar-refractivity contribution in [2.24, 2.45) is 0 Å². The third-order valence-corrected chi connectivity index (χ3v) is 4.62. The van der Waals surface area contributed by atoms with Gasteiger partial charge in [0.2, 0.25) is 0 Å². The number of anilines is 3. The van der Waals surface area contributed by atoms with Crippen molar-refractivity contribution in [2.45, 2.75) is 13.5 Å². The molecule has 4 aromatic rings. The predicted octanol–water partition coefficient (Wildman–Crippen LogP) is 5.70. The average Bonchev–Trinajstić information content (AvgIpc) is 2.79. The smallest absolute Gasteiger partial charge is 0.163 e. The van der Waals surface area contributed by atoms with E-state index in [1.807, 2.05) is 72.8 Å². The van der Waals surface area contributed by atoms with Gasteiger partial charge in [-0.2, -0.15) is 0 Å². The summed E-state index contributed by atoms with van der Waals surface area (Å²) in [5.41, 5.74) is 3.55. The fourth-order valence-corrected chi connectivity index (χ4v) is 3.07. The zero-order valence-electron chi connectivity index (χ0n) is 16.7. The fourth-order valence-electron chi connectivity index (χ4n) is 3.07. The first-order chi connectivity index (χ1) is 14.7. The van der Waals surface area contributed by atoms with Gasteiger partial charge in [-0.25, -0.2) is 9.97 Å². The molecule has 5 heteroatoms. The second-order valence-electron chi connectivity index (χ2n) is 6.93. The largest absolute Gasteiger partial charge is 0.366 e.